The van der Waals surface area contributed by atoms with Crippen LogP contribution >= 0.6 is 11.8 Å². The highest BCUT2D eigenvalue weighted by molar-refractivity contribution is 7.99. The van der Waals surface area contributed by atoms with Crippen LogP contribution in [0.4, 0.5) is 5.69 Å². The van der Waals surface area contributed by atoms with Gasteiger partial charge in [-0.2, -0.15) is 0 Å². The number of benzene rings is 2. The van der Waals surface area contributed by atoms with Crippen LogP contribution in [0.25, 0.3) is 0 Å². The fraction of sp³-hybridized carbons (Fsp3) is 0.316. The van der Waals surface area contributed by atoms with E-state index in [1.807, 2.05) is 31.2 Å². The third kappa shape index (κ3) is 5.21. The van der Waals surface area contributed by atoms with E-state index in [0.29, 0.717) is 22.6 Å². The summed E-state index contributed by atoms with van der Waals surface area (Å²) in [4.78, 5) is 23.7. The van der Waals surface area contributed by atoms with Crippen LogP contribution in [0.2, 0.25) is 0 Å². The van der Waals surface area contributed by atoms with Crippen molar-refractivity contribution in [1.82, 2.24) is 0 Å². The van der Waals surface area contributed by atoms with E-state index in [2.05, 4.69) is 0 Å². The number of nitrogens with zero attached hydrogens (tertiary/aromatic N) is 1. The smallest absolute Gasteiger partial charge is 0.306 e. The first kappa shape index (κ1) is 19.2. The van der Waals surface area contributed by atoms with Crippen LogP contribution in [0.3, 0.4) is 0 Å². The van der Waals surface area contributed by atoms with Crippen molar-refractivity contribution >= 4 is 23.4 Å². The number of aryl methyl sites for hydroxylation is 1. The Balaban J connectivity index is 1.55. The van der Waals surface area contributed by atoms with Gasteiger partial charge in [0.15, 0.2) is 6.79 Å². The van der Waals surface area contributed by atoms with Gasteiger partial charge in [0.05, 0.1) is 18.0 Å². The van der Waals surface area contributed by atoms with Gasteiger partial charge in [-0.15, -0.1) is 11.8 Å². The average molecular weight is 389 g/mol. The molecule has 0 radical (unpaired) electrons. The maximum absolute atomic E-state index is 12.0. The van der Waals surface area contributed by atoms with Crippen molar-refractivity contribution in [3.8, 4) is 5.75 Å². The number of rotatable bonds is 7. The first-order chi connectivity index (χ1) is 13.0. The molecule has 0 bridgehead atoms. The predicted octanol–water partition coefficient (Wildman–Crippen LogP) is 4.00. The molecule has 1 heterocycles. The normalized spacial score (nSPS) is 12.8. The maximum Gasteiger partial charge on any atom is 0.306 e. The summed E-state index contributed by atoms with van der Waals surface area (Å²) in [6, 6.07) is 10.9. The Morgan fingerprint density at radius 1 is 1.30 bits per heavy atom. The van der Waals surface area contributed by atoms with Crippen molar-refractivity contribution < 1.29 is 23.9 Å². The third-order valence-electron chi connectivity index (χ3n) is 3.97. The lowest BCUT2D eigenvalue weighted by Gasteiger charge is -2.20. The number of carbonyl (C=O) groups excluding carboxylic acids is 1. The van der Waals surface area contributed by atoms with E-state index >= 15 is 0 Å². The molecule has 0 amide bonds. The fourth-order valence-electron chi connectivity index (χ4n) is 2.61. The second kappa shape index (κ2) is 8.88. The van der Waals surface area contributed by atoms with Crippen LogP contribution in [0.15, 0.2) is 41.3 Å². The van der Waals surface area contributed by atoms with E-state index in [4.69, 9.17) is 14.2 Å². The summed E-state index contributed by atoms with van der Waals surface area (Å²) in [7, 11) is 0. The minimum Gasteiger partial charge on any atom is -0.467 e. The van der Waals surface area contributed by atoms with Crippen molar-refractivity contribution in [2.75, 3.05) is 12.5 Å². The lowest BCUT2D eigenvalue weighted by atomic mass is 10.1. The van der Waals surface area contributed by atoms with Gasteiger partial charge in [-0.1, -0.05) is 17.7 Å². The first-order valence-electron chi connectivity index (χ1n) is 8.39. The second-order valence-electron chi connectivity index (χ2n) is 6.03. The van der Waals surface area contributed by atoms with Gasteiger partial charge in [0, 0.05) is 33.9 Å². The predicted molar refractivity (Wildman–Crippen MR) is 99.7 cm³/mol. The van der Waals surface area contributed by atoms with Gasteiger partial charge >= 0.3 is 5.97 Å². The number of hydrogen-bond acceptors (Lipinski definition) is 7. The van der Waals surface area contributed by atoms with Gasteiger partial charge in [-0.3, -0.25) is 14.9 Å². The molecule has 0 unspecified atom stereocenters. The van der Waals surface area contributed by atoms with E-state index in [9.17, 15) is 14.9 Å². The summed E-state index contributed by atoms with van der Waals surface area (Å²) in [6.45, 7) is 2.25. The van der Waals surface area contributed by atoms with E-state index in [-0.39, 0.29) is 38.1 Å². The Morgan fingerprint density at radius 2 is 2.07 bits per heavy atom. The molecular formula is C19H19NO6S. The molecule has 8 heteroatoms. The third-order valence-corrected chi connectivity index (χ3v) is 4.98. The molecule has 3 rings (SSSR count). The van der Waals surface area contributed by atoms with Gasteiger partial charge in [0.25, 0.3) is 5.69 Å². The Morgan fingerprint density at radius 3 is 2.81 bits per heavy atom. The van der Waals surface area contributed by atoms with Gasteiger partial charge in [0.1, 0.15) is 12.4 Å². The molecule has 2 aromatic carbocycles. The van der Waals surface area contributed by atoms with Crippen molar-refractivity contribution in [3.05, 3.63) is 63.2 Å². The Kier molecular flexibility index (Phi) is 6.31. The van der Waals surface area contributed by atoms with Crippen molar-refractivity contribution in [2.24, 2.45) is 0 Å². The van der Waals surface area contributed by atoms with Crippen LogP contribution < -0.4 is 4.74 Å². The number of nitro groups is 1. The Labute approximate surface area is 160 Å². The monoisotopic (exact) mass is 389 g/mol. The number of hydrogen-bond donors (Lipinski definition) is 0. The number of ether oxygens (including phenoxy) is 3. The minimum absolute atomic E-state index is 0.0684. The van der Waals surface area contributed by atoms with Crippen LogP contribution in [0, 0.1) is 17.0 Å². The van der Waals surface area contributed by atoms with Crippen LogP contribution in [-0.4, -0.2) is 23.4 Å². The lowest BCUT2D eigenvalue weighted by Crippen LogP contribution is -2.15. The van der Waals surface area contributed by atoms with E-state index < -0.39 is 4.92 Å². The average Bonchev–Trinajstić information content (AvgIpc) is 2.67. The molecule has 7 nitrogen and oxygen atoms in total. The molecule has 0 spiro atoms. The number of thioether (sulfide) groups is 1. The molecular weight excluding hydrogens is 370 g/mol. The van der Waals surface area contributed by atoms with Gasteiger partial charge < -0.3 is 14.2 Å². The highest BCUT2D eigenvalue weighted by Gasteiger charge is 2.21. The SMILES string of the molecule is Cc1ccc(SCCC(=O)OCc2cc([N+](=O)[O-])cc3c2OCOC3)cc1. The molecule has 0 aromatic heterocycles. The molecule has 1 aliphatic heterocycles. The van der Waals surface area contributed by atoms with Gasteiger partial charge in [0.2, 0.25) is 0 Å². The first-order valence-corrected chi connectivity index (χ1v) is 9.37. The second-order valence-corrected chi connectivity index (χ2v) is 7.20. The number of nitro benzene ring substituents is 1. The molecule has 0 fully saturated rings. The van der Waals surface area contributed by atoms with E-state index in [0.717, 1.165) is 4.90 Å². The standard InChI is InChI=1S/C19H19NO6S/c1-13-2-4-17(5-3-13)27-7-6-18(21)25-11-15-9-16(20(22)23)8-14-10-24-12-26-19(14)15/h2-5,8-9H,6-7,10-12H2,1H3. The zero-order valence-electron chi connectivity index (χ0n) is 14.8. The van der Waals surface area contributed by atoms with Crippen molar-refractivity contribution in [2.45, 2.75) is 31.5 Å². The summed E-state index contributed by atoms with van der Waals surface area (Å²) < 4.78 is 15.9. The molecule has 142 valence electrons. The molecule has 1 aliphatic rings. The van der Waals surface area contributed by atoms with E-state index in [1.54, 1.807) is 11.8 Å². The molecule has 2 aromatic rings. The molecule has 0 saturated carbocycles. The van der Waals surface area contributed by atoms with E-state index in [1.165, 1.54) is 17.7 Å². The summed E-state index contributed by atoms with van der Waals surface area (Å²) in [5.41, 5.74) is 2.16. The zero-order valence-corrected chi connectivity index (χ0v) is 15.6. The van der Waals surface area contributed by atoms with Crippen LogP contribution in [-0.2, 0) is 27.5 Å². The number of fused-ring (bicyclic) bond motifs is 1. The van der Waals surface area contributed by atoms with Crippen molar-refractivity contribution in [3.63, 3.8) is 0 Å². The molecule has 0 atom stereocenters. The molecule has 0 aliphatic carbocycles. The molecule has 0 saturated heterocycles. The summed E-state index contributed by atoms with van der Waals surface area (Å²) >= 11 is 1.58. The number of non-ortho nitro benzene ring substituents is 1. The van der Waals surface area contributed by atoms with Gasteiger partial charge in [-0.05, 0) is 19.1 Å². The Hall–Kier alpha value is -2.58. The highest BCUT2D eigenvalue weighted by Crippen LogP contribution is 2.33. The summed E-state index contributed by atoms with van der Waals surface area (Å²) in [6.07, 6.45) is 0.250. The van der Waals surface area contributed by atoms with Crippen LogP contribution in [0.1, 0.15) is 23.1 Å². The topological polar surface area (TPSA) is 87.9 Å². The maximum atomic E-state index is 12.0. The Bertz CT molecular complexity index is 837. The quantitative estimate of drug-likeness (QED) is 0.306. The van der Waals surface area contributed by atoms with Crippen LogP contribution in [0.5, 0.6) is 5.75 Å². The zero-order chi connectivity index (χ0) is 19.2. The summed E-state index contributed by atoms with van der Waals surface area (Å²) in [5.74, 6) is 0.731. The number of esters is 1. The highest BCUT2D eigenvalue weighted by atomic mass is 32.2. The molecule has 0 N–H and O–H groups in total. The van der Waals surface area contributed by atoms with Gasteiger partial charge in [-0.25, -0.2) is 0 Å². The summed E-state index contributed by atoms with van der Waals surface area (Å²) in [5, 5.41) is 11.1. The molecule has 27 heavy (non-hydrogen) atoms. The number of carbonyl (C=O) groups is 1. The van der Waals surface area contributed by atoms with Crippen molar-refractivity contribution in [1.29, 1.82) is 0 Å². The minimum atomic E-state index is -0.488. The lowest BCUT2D eigenvalue weighted by molar-refractivity contribution is -0.385. The fourth-order valence-corrected chi connectivity index (χ4v) is 3.44. The largest absolute Gasteiger partial charge is 0.467 e.